The lowest BCUT2D eigenvalue weighted by Gasteiger charge is -2.19. The van der Waals surface area contributed by atoms with E-state index in [1.54, 1.807) is 13.4 Å². The zero-order valence-corrected chi connectivity index (χ0v) is 12.5. The Balaban J connectivity index is 2.03. The van der Waals surface area contributed by atoms with Crippen molar-refractivity contribution in [1.82, 2.24) is 9.97 Å². The van der Waals surface area contributed by atoms with E-state index in [0.717, 1.165) is 44.2 Å². The molecule has 20 heavy (non-hydrogen) atoms. The highest BCUT2D eigenvalue weighted by Gasteiger charge is 2.26. The molecule has 0 saturated carbocycles. The van der Waals surface area contributed by atoms with Crippen molar-refractivity contribution in [3.63, 3.8) is 0 Å². The van der Waals surface area contributed by atoms with Crippen LogP contribution >= 0.6 is 0 Å². The molecule has 0 radical (unpaired) electrons. The van der Waals surface area contributed by atoms with Crippen molar-refractivity contribution in [2.75, 3.05) is 37.4 Å². The Bertz CT molecular complexity index is 428. The lowest BCUT2D eigenvalue weighted by molar-refractivity contribution is 0.0900. The van der Waals surface area contributed by atoms with Gasteiger partial charge in [0.15, 0.2) is 11.6 Å². The molecule has 1 saturated heterocycles. The largest absolute Gasteiger partial charge is 0.490 e. The maximum Gasteiger partial charge on any atom is 0.204 e. The molecule has 0 aromatic carbocycles. The Morgan fingerprint density at radius 1 is 1.30 bits per heavy atom. The lowest BCUT2D eigenvalue weighted by atomic mass is 10.00. The van der Waals surface area contributed by atoms with Gasteiger partial charge in [-0.15, -0.1) is 0 Å². The average molecular weight is 280 g/mol. The number of nitrogens with zero attached hydrogens (tertiary/aromatic N) is 2. The van der Waals surface area contributed by atoms with E-state index in [4.69, 9.17) is 9.47 Å². The number of hydrogen-bond acceptors (Lipinski definition) is 6. The Hall–Kier alpha value is -1.56. The highest BCUT2D eigenvalue weighted by molar-refractivity contribution is 5.63. The van der Waals surface area contributed by atoms with E-state index >= 15 is 0 Å². The average Bonchev–Trinajstić information content (AvgIpc) is 2.93. The smallest absolute Gasteiger partial charge is 0.204 e. The number of nitrogens with one attached hydrogen (secondary N) is 2. The van der Waals surface area contributed by atoms with Crippen molar-refractivity contribution in [1.29, 1.82) is 0 Å². The van der Waals surface area contributed by atoms with Gasteiger partial charge in [-0.05, 0) is 19.8 Å². The summed E-state index contributed by atoms with van der Waals surface area (Å²) in [5.41, 5.74) is 0. The van der Waals surface area contributed by atoms with E-state index < -0.39 is 0 Å². The summed E-state index contributed by atoms with van der Waals surface area (Å²) in [5, 5.41) is 6.55. The van der Waals surface area contributed by atoms with Crippen LogP contribution < -0.4 is 15.4 Å². The third-order valence-electron chi connectivity index (χ3n) is 3.63. The summed E-state index contributed by atoms with van der Waals surface area (Å²) in [6, 6.07) is 0. The zero-order valence-electron chi connectivity index (χ0n) is 12.5. The number of anilines is 2. The van der Waals surface area contributed by atoms with Crippen LogP contribution in [0.15, 0.2) is 6.33 Å². The van der Waals surface area contributed by atoms with Crippen molar-refractivity contribution >= 4 is 11.6 Å². The first kappa shape index (κ1) is 14.8. The first-order chi connectivity index (χ1) is 9.80. The maximum absolute atomic E-state index is 5.71. The van der Waals surface area contributed by atoms with E-state index in [1.165, 1.54) is 0 Å². The van der Waals surface area contributed by atoms with Crippen LogP contribution in [0, 0.1) is 5.92 Å². The van der Waals surface area contributed by atoms with E-state index in [2.05, 4.69) is 27.5 Å². The molecule has 0 amide bonds. The molecule has 2 heterocycles. The van der Waals surface area contributed by atoms with Crippen LogP contribution in [0.25, 0.3) is 0 Å². The summed E-state index contributed by atoms with van der Waals surface area (Å²) >= 11 is 0. The van der Waals surface area contributed by atoms with E-state index in [1.807, 2.05) is 6.92 Å². The monoisotopic (exact) mass is 280 g/mol. The summed E-state index contributed by atoms with van der Waals surface area (Å²) < 4.78 is 11.1. The van der Waals surface area contributed by atoms with Crippen LogP contribution in [0.1, 0.15) is 26.7 Å². The summed E-state index contributed by atoms with van der Waals surface area (Å²) in [6.07, 6.45) is 4.05. The lowest BCUT2D eigenvalue weighted by Crippen LogP contribution is -2.23. The van der Waals surface area contributed by atoms with Crippen molar-refractivity contribution in [2.24, 2.45) is 5.92 Å². The normalized spacial score (nSPS) is 21.8. The Morgan fingerprint density at radius 2 is 2.05 bits per heavy atom. The van der Waals surface area contributed by atoms with Crippen molar-refractivity contribution in [2.45, 2.75) is 32.8 Å². The first-order valence-corrected chi connectivity index (χ1v) is 7.28. The van der Waals surface area contributed by atoms with Gasteiger partial charge >= 0.3 is 0 Å². The molecule has 0 spiro atoms. The van der Waals surface area contributed by atoms with Crippen LogP contribution in [0.5, 0.6) is 5.75 Å². The van der Waals surface area contributed by atoms with Gasteiger partial charge in [-0.1, -0.05) is 6.92 Å². The minimum Gasteiger partial charge on any atom is -0.490 e. The van der Waals surface area contributed by atoms with Gasteiger partial charge in [-0.2, -0.15) is 0 Å². The van der Waals surface area contributed by atoms with Gasteiger partial charge in [-0.25, -0.2) is 9.97 Å². The Labute approximate surface area is 120 Å². The molecule has 1 aromatic heterocycles. The second-order valence-electron chi connectivity index (χ2n) is 4.88. The maximum atomic E-state index is 5.71. The second kappa shape index (κ2) is 7.28. The van der Waals surface area contributed by atoms with Crippen molar-refractivity contribution < 1.29 is 9.47 Å². The highest BCUT2D eigenvalue weighted by Crippen LogP contribution is 2.30. The fourth-order valence-corrected chi connectivity index (χ4v) is 2.59. The highest BCUT2D eigenvalue weighted by atomic mass is 16.5. The van der Waals surface area contributed by atoms with E-state index in [9.17, 15) is 0 Å². The van der Waals surface area contributed by atoms with E-state index in [0.29, 0.717) is 17.8 Å². The molecule has 2 N–H and O–H groups in total. The molecule has 0 aliphatic carbocycles. The zero-order chi connectivity index (χ0) is 14.4. The molecule has 2 unspecified atom stereocenters. The molecule has 2 atom stereocenters. The summed E-state index contributed by atoms with van der Waals surface area (Å²) in [4.78, 5) is 8.48. The molecule has 1 aliphatic rings. The molecule has 1 fully saturated rings. The molecule has 0 bridgehead atoms. The van der Waals surface area contributed by atoms with Gasteiger partial charge in [0.25, 0.3) is 0 Å². The van der Waals surface area contributed by atoms with Gasteiger partial charge in [-0.3, -0.25) is 0 Å². The molecule has 1 aliphatic heterocycles. The molecule has 6 heteroatoms. The summed E-state index contributed by atoms with van der Waals surface area (Å²) in [5.74, 6) is 2.66. The van der Waals surface area contributed by atoms with Gasteiger partial charge in [0, 0.05) is 25.6 Å². The third-order valence-corrected chi connectivity index (χ3v) is 3.63. The fourth-order valence-electron chi connectivity index (χ4n) is 2.59. The predicted molar refractivity (Wildman–Crippen MR) is 79.4 cm³/mol. The van der Waals surface area contributed by atoms with Crippen LogP contribution in [0.4, 0.5) is 11.6 Å². The minimum atomic E-state index is 0.351. The van der Waals surface area contributed by atoms with Gasteiger partial charge in [0.1, 0.15) is 6.33 Å². The van der Waals surface area contributed by atoms with Gasteiger partial charge < -0.3 is 20.1 Å². The predicted octanol–water partition coefficient (Wildman–Crippen LogP) is 2.14. The number of ether oxygens (including phenoxy) is 2. The van der Waals surface area contributed by atoms with Crippen molar-refractivity contribution in [3.8, 4) is 5.75 Å². The standard InChI is InChI=1S/C14H24N4O2/c1-4-11-10(6-7-20-11)8-16-14-12(19-3)13(15-5-2)17-9-18-14/h9-11H,4-8H2,1-3H3,(H2,15,16,17,18). The SMILES string of the molecule is CCNc1ncnc(NCC2CCOC2CC)c1OC. The molecule has 6 nitrogen and oxygen atoms in total. The number of hydrogen-bond donors (Lipinski definition) is 2. The quantitative estimate of drug-likeness (QED) is 0.797. The summed E-state index contributed by atoms with van der Waals surface area (Å²) in [6.45, 7) is 6.68. The number of rotatable bonds is 7. The van der Waals surface area contributed by atoms with Crippen molar-refractivity contribution in [3.05, 3.63) is 6.33 Å². The second-order valence-corrected chi connectivity index (χ2v) is 4.88. The van der Waals surface area contributed by atoms with E-state index in [-0.39, 0.29) is 0 Å². The number of methoxy groups -OCH3 is 1. The Morgan fingerprint density at radius 3 is 2.70 bits per heavy atom. The third kappa shape index (κ3) is 3.30. The molecule has 112 valence electrons. The fraction of sp³-hybridized carbons (Fsp3) is 0.714. The van der Waals surface area contributed by atoms with Gasteiger partial charge in [0.05, 0.1) is 13.2 Å². The van der Waals surface area contributed by atoms with Crippen LogP contribution in [0.3, 0.4) is 0 Å². The van der Waals surface area contributed by atoms with Crippen LogP contribution in [-0.2, 0) is 4.74 Å². The van der Waals surface area contributed by atoms with Crippen LogP contribution in [0.2, 0.25) is 0 Å². The Kier molecular flexibility index (Phi) is 5.40. The first-order valence-electron chi connectivity index (χ1n) is 7.28. The van der Waals surface area contributed by atoms with Gasteiger partial charge in [0.2, 0.25) is 5.75 Å². The molecular weight excluding hydrogens is 256 g/mol. The van der Waals surface area contributed by atoms with Crippen LogP contribution in [-0.4, -0.2) is 42.9 Å². The molecule has 1 aromatic rings. The topological polar surface area (TPSA) is 68.3 Å². The minimum absolute atomic E-state index is 0.351. The molecular formula is C14H24N4O2. The number of aromatic nitrogens is 2. The molecule has 2 rings (SSSR count). The summed E-state index contributed by atoms with van der Waals surface area (Å²) in [7, 11) is 1.64.